The smallest absolute Gasteiger partial charge is 0.336 e. The van der Waals surface area contributed by atoms with Crippen molar-refractivity contribution < 1.29 is 39.6 Å². The molecule has 226 valence electrons. The third-order valence-electron chi connectivity index (χ3n) is 13.1. The van der Waals surface area contributed by atoms with E-state index in [9.17, 15) is 39.6 Å². The van der Waals surface area contributed by atoms with Gasteiger partial charge in [-0.3, -0.25) is 0 Å². The van der Waals surface area contributed by atoms with Crippen LogP contribution in [0.1, 0.15) is 152 Å². The first-order valence-corrected chi connectivity index (χ1v) is 15.4. The quantitative estimate of drug-likeness (QED) is 0.279. The molecule has 0 saturated heterocycles. The molecule has 4 unspecified atom stereocenters. The number of carboxylic acid groups (broad SMARTS) is 4. The van der Waals surface area contributed by atoms with E-state index in [2.05, 4.69) is 27.7 Å². The Morgan fingerprint density at radius 2 is 0.976 bits per heavy atom. The zero-order valence-electron chi connectivity index (χ0n) is 25.1. The molecular formula is C34H42O8. The van der Waals surface area contributed by atoms with Gasteiger partial charge in [-0.2, -0.15) is 0 Å². The molecule has 8 saturated carbocycles. The predicted molar refractivity (Wildman–Crippen MR) is 152 cm³/mol. The van der Waals surface area contributed by atoms with Crippen molar-refractivity contribution in [2.45, 2.75) is 110 Å². The Balaban J connectivity index is 1.52. The lowest BCUT2D eigenvalue weighted by Crippen LogP contribution is -2.70. The summed E-state index contributed by atoms with van der Waals surface area (Å²) in [5, 5.41) is 41.3. The van der Waals surface area contributed by atoms with Crippen molar-refractivity contribution in [3.63, 3.8) is 0 Å². The Morgan fingerprint density at radius 1 is 0.548 bits per heavy atom. The average Bonchev–Trinajstić information content (AvgIpc) is 2.77. The first-order valence-electron chi connectivity index (χ1n) is 15.4. The molecule has 8 bridgehead atoms. The molecule has 8 aliphatic rings. The van der Waals surface area contributed by atoms with Crippen LogP contribution in [-0.4, -0.2) is 44.3 Å². The summed E-state index contributed by atoms with van der Waals surface area (Å²) in [6, 6.07) is 0.738. The van der Waals surface area contributed by atoms with Crippen LogP contribution in [0, 0.1) is 38.4 Å². The van der Waals surface area contributed by atoms with Crippen molar-refractivity contribution in [3.05, 3.63) is 33.9 Å². The van der Waals surface area contributed by atoms with Crippen molar-refractivity contribution in [2.75, 3.05) is 0 Å². The van der Waals surface area contributed by atoms with E-state index in [1.165, 1.54) is 19.3 Å². The van der Waals surface area contributed by atoms with Gasteiger partial charge in [0.1, 0.15) is 0 Å². The highest BCUT2D eigenvalue weighted by Crippen LogP contribution is 2.84. The van der Waals surface area contributed by atoms with Crippen LogP contribution in [0.3, 0.4) is 0 Å². The summed E-state index contributed by atoms with van der Waals surface area (Å²) >= 11 is 0. The van der Waals surface area contributed by atoms with Gasteiger partial charge in [0, 0.05) is 0 Å². The molecule has 0 amide bonds. The summed E-state index contributed by atoms with van der Waals surface area (Å²) in [6.07, 6.45) is 11.7. The second-order valence-electron chi connectivity index (χ2n) is 17.5. The highest BCUT2D eigenvalue weighted by molar-refractivity contribution is 6.11. The van der Waals surface area contributed by atoms with E-state index in [4.69, 9.17) is 0 Å². The lowest BCUT2D eigenvalue weighted by Gasteiger charge is -2.78. The maximum Gasteiger partial charge on any atom is 0.336 e. The molecule has 0 heterocycles. The number of hydrogen-bond acceptors (Lipinski definition) is 4. The molecular weight excluding hydrogens is 536 g/mol. The number of aromatic carboxylic acids is 4. The fraction of sp³-hybridized carbons (Fsp3) is 0.706. The minimum atomic E-state index is -1.56. The molecule has 42 heavy (non-hydrogen) atoms. The number of benzene rings is 1. The topological polar surface area (TPSA) is 149 Å². The van der Waals surface area contributed by atoms with Crippen LogP contribution in [0.2, 0.25) is 0 Å². The van der Waals surface area contributed by atoms with E-state index < -0.39 is 51.5 Å². The Kier molecular flexibility index (Phi) is 5.17. The van der Waals surface area contributed by atoms with Gasteiger partial charge in [-0.1, -0.05) is 27.7 Å². The molecule has 1 aromatic rings. The Morgan fingerprint density at radius 3 is 1.38 bits per heavy atom. The molecule has 0 spiro atoms. The van der Waals surface area contributed by atoms with E-state index in [-0.39, 0.29) is 38.1 Å². The third-order valence-corrected chi connectivity index (χ3v) is 13.1. The van der Waals surface area contributed by atoms with Crippen LogP contribution in [-0.2, 0) is 5.41 Å². The zero-order chi connectivity index (χ0) is 30.5. The van der Waals surface area contributed by atoms with Crippen LogP contribution in [0.15, 0.2) is 6.07 Å². The molecule has 0 radical (unpaired) electrons. The molecule has 0 aromatic heterocycles. The summed E-state index contributed by atoms with van der Waals surface area (Å²) in [7, 11) is 0. The number of carboxylic acids is 4. The van der Waals surface area contributed by atoms with Gasteiger partial charge in [0.15, 0.2) is 0 Å². The average molecular weight is 579 g/mol. The van der Waals surface area contributed by atoms with Crippen molar-refractivity contribution >= 4 is 23.9 Å². The van der Waals surface area contributed by atoms with Gasteiger partial charge in [0.2, 0.25) is 0 Å². The second-order valence-corrected chi connectivity index (χ2v) is 17.5. The van der Waals surface area contributed by atoms with Gasteiger partial charge >= 0.3 is 23.9 Å². The highest BCUT2D eigenvalue weighted by Gasteiger charge is 2.75. The van der Waals surface area contributed by atoms with Gasteiger partial charge in [0.25, 0.3) is 0 Å². The van der Waals surface area contributed by atoms with Gasteiger partial charge in [-0.15, -0.1) is 0 Å². The molecule has 9 rings (SSSR count). The lowest BCUT2D eigenvalue weighted by molar-refractivity contribution is -0.270. The molecule has 4 N–H and O–H groups in total. The lowest BCUT2D eigenvalue weighted by atomic mass is 9.26. The number of carbonyl (C=O) groups is 4. The maximum absolute atomic E-state index is 12.9. The normalized spacial score (nSPS) is 46.1. The SMILES string of the molecule is CC12CC3CC(C)(C1)CC(C14CC5(C)CC(C)(CC(c6c(C(=O)O)c(C(=O)O)cc(C(=O)O)c6C(=O)O)(C5)C1)C4)(C3)C2. The Hall–Kier alpha value is -2.90. The molecule has 1 aromatic carbocycles. The van der Waals surface area contributed by atoms with Gasteiger partial charge in [0.05, 0.1) is 22.3 Å². The largest absolute Gasteiger partial charge is 0.478 e. The standard InChI is InChI=1S/C34H42O8/c1-28-6-18-7-29(2,9-28)14-33(8-18,13-28)34-15-30(3)10-31(4,16-34)12-32(11-30,17-34)23-21(26(39)40)19(24(35)36)5-20(25(37)38)22(23)27(41)42/h5,18H,6-17H2,1-4H3,(H,35,36)(H,37,38)(H,39,40)(H,41,42). The fourth-order valence-corrected chi connectivity index (χ4v) is 14.6. The van der Waals surface area contributed by atoms with E-state index >= 15 is 0 Å². The van der Waals surface area contributed by atoms with Crippen molar-refractivity contribution in [2.24, 2.45) is 38.4 Å². The second kappa shape index (κ2) is 7.78. The van der Waals surface area contributed by atoms with Crippen LogP contribution in [0.5, 0.6) is 0 Å². The summed E-state index contributed by atoms with van der Waals surface area (Å²) in [5.74, 6) is -5.51. The maximum atomic E-state index is 12.9. The first-order chi connectivity index (χ1) is 19.3. The molecule has 4 atom stereocenters. The zero-order valence-corrected chi connectivity index (χ0v) is 25.1. The summed E-state index contributed by atoms with van der Waals surface area (Å²) in [4.78, 5) is 50.8. The first kappa shape index (κ1) is 27.9. The summed E-state index contributed by atoms with van der Waals surface area (Å²) in [5.41, 5.74) is -3.34. The summed E-state index contributed by atoms with van der Waals surface area (Å²) < 4.78 is 0. The third kappa shape index (κ3) is 3.53. The van der Waals surface area contributed by atoms with Gasteiger partial charge < -0.3 is 20.4 Å². The predicted octanol–water partition coefficient (Wildman–Crippen LogP) is 7.09. The number of rotatable bonds is 6. The highest BCUT2D eigenvalue weighted by atomic mass is 16.4. The summed E-state index contributed by atoms with van der Waals surface area (Å²) in [6.45, 7) is 9.42. The van der Waals surface area contributed by atoms with Crippen LogP contribution in [0.4, 0.5) is 0 Å². The minimum absolute atomic E-state index is 0.0529. The van der Waals surface area contributed by atoms with Crippen LogP contribution < -0.4 is 0 Å². The van der Waals surface area contributed by atoms with Gasteiger partial charge in [-0.05, 0) is 133 Å². The van der Waals surface area contributed by atoms with E-state index in [0.717, 1.165) is 44.6 Å². The van der Waals surface area contributed by atoms with E-state index in [1.54, 1.807) is 0 Å². The van der Waals surface area contributed by atoms with Crippen LogP contribution in [0.25, 0.3) is 0 Å². The van der Waals surface area contributed by atoms with Crippen molar-refractivity contribution in [1.82, 2.24) is 0 Å². The monoisotopic (exact) mass is 578 g/mol. The van der Waals surface area contributed by atoms with Crippen molar-refractivity contribution in [1.29, 1.82) is 0 Å². The van der Waals surface area contributed by atoms with E-state index in [0.29, 0.717) is 25.2 Å². The fourth-order valence-electron chi connectivity index (χ4n) is 14.6. The molecule has 8 fully saturated rings. The molecule has 8 heteroatoms. The molecule has 8 nitrogen and oxygen atoms in total. The molecule has 8 aliphatic carbocycles. The minimum Gasteiger partial charge on any atom is -0.478 e. The van der Waals surface area contributed by atoms with Gasteiger partial charge in [-0.25, -0.2) is 19.2 Å². The van der Waals surface area contributed by atoms with Crippen molar-refractivity contribution in [3.8, 4) is 0 Å². The number of hydrogen-bond donors (Lipinski definition) is 4. The Labute approximate surface area is 245 Å². The Bertz CT molecular complexity index is 1420. The van der Waals surface area contributed by atoms with Crippen LogP contribution >= 0.6 is 0 Å². The van der Waals surface area contributed by atoms with E-state index in [1.807, 2.05) is 0 Å². The molecule has 0 aliphatic heterocycles.